The molecule has 3 aromatic rings. The summed E-state index contributed by atoms with van der Waals surface area (Å²) in [7, 11) is 4.00. The molecular formula is C15H14ClN3S. The molecule has 0 aliphatic carbocycles. The highest BCUT2D eigenvalue weighted by atomic mass is 35.5. The number of rotatable bonds is 2. The minimum absolute atomic E-state index is 0.499. The second-order valence-electron chi connectivity index (χ2n) is 4.90. The van der Waals surface area contributed by atoms with Crippen LogP contribution >= 0.6 is 22.9 Å². The van der Waals surface area contributed by atoms with E-state index in [9.17, 15) is 0 Å². The van der Waals surface area contributed by atoms with Crippen LogP contribution in [0.4, 0.5) is 5.69 Å². The maximum absolute atomic E-state index is 6.34. The van der Waals surface area contributed by atoms with Crippen LogP contribution in [0.25, 0.3) is 22.3 Å². The molecule has 3 nitrogen and oxygen atoms in total. The van der Waals surface area contributed by atoms with Crippen molar-refractivity contribution in [1.29, 1.82) is 0 Å². The normalized spacial score (nSPS) is 11.0. The second-order valence-corrected chi connectivity index (χ2v) is 6.00. The molecular weight excluding hydrogens is 290 g/mol. The number of fused-ring (bicyclic) bond motifs is 1. The number of hydrogen-bond acceptors (Lipinski definition) is 4. The molecule has 0 amide bonds. The molecule has 2 aromatic heterocycles. The average Bonchev–Trinajstić information content (AvgIpc) is 2.84. The molecule has 0 aliphatic rings. The fraction of sp³-hybridized carbons (Fsp3) is 0.200. The SMILES string of the molecule is Cc1cscc1-c1nc(Cl)c2cc(N(C)C)ccc2n1. The van der Waals surface area contributed by atoms with E-state index >= 15 is 0 Å². The Kier molecular flexibility index (Phi) is 3.36. The Balaban J connectivity index is 2.21. The molecule has 20 heavy (non-hydrogen) atoms. The lowest BCUT2D eigenvalue weighted by molar-refractivity contribution is 1.13. The Hall–Kier alpha value is -1.65. The van der Waals surface area contributed by atoms with Crippen LogP contribution in [0.5, 0.6) is 0 Å². The van der Waals surface area contributed by atoms with Gasteiger partial charge in [-0.05, 0) is 36.1 Å². The van der Waals surface area contributed by atoms with Gasteiger partial charge in [0.25, 0.3) is 0 Å². The second kappa shape index (κ2) is 5.04. The highest BCUT2D eigenvalue weighted by molar-refractivity contribution is 7.08. The summed E-state index contributed by atoms with van der Waals surface area (Å²) in [6, 6.07) is 6.04. The molecule has 3 rings (SSSR count). The van der Waals surface area contributed by atoms with Crippen molar-refractivity contribution in [3.8, 4) is 11.4 Å². The van der Waals surface area contributed by atoms with Gasteiger partial charge in [0.15, 0.2) is 5.82 Å². The minimum Gasteiger partial charge on any atom is -0.378 e. The molecule has 0 saturated carbocycles. The zero-order valence-corrected chi connectivity index (χ0v) is 13.1. The zero-order valence-electron chi connectivity index (χ0n) is 11.5. The number of nitrogens with zero attached hydrogens (tertiary/aromatic N) is 3. The smallest absolute Gasteiger partial charge is 0.162 e. The molecule has 0 spiro atoms. The van der Waals surface area contributed by atoms with E-state index in [1.807, 2.05) is 37.2 Å². The summed E-state index contributed by atoms with van der Waals surface area (Å²) < 4.78 is 0. The van der Waals surface area contributed by atoms with Crippen LogP contribution in [-0.2, 0) is 0 Å². The summed E-state index contributed by atoms with van der Waals surface area (Å²) in [6.45, 7) is 2.06. The van der Waals surface area contributed by atoms with Crippen molar-refractivity contribution in [2.75, 3.05) is 19.0 Å². The zero-order chi connectivity index (χ0) is 14.3. The van der Waals surface area contributed by atoms with E-state index in [0.29, 0.717) is 11.0 Å². The summed E-state index contributed by atoms with van der Waals surface area (Å²) in [4.78, 5) is 11.1. The summed E-state index contributed by atoms with van der Waals surface area (Å²) in [5.41, 5.74) is 4.18. The van der Waals surface area contributed by atoms with Crippen molar-refractivity contribution in [3.63, 3.8) is 0 Å². The van der Waals surface area contributed by atoms with Crippen molar-refractivity contribution in [2.24, 2.45) is 0 Å². The van der Waals surface area contributed by atoms with Crippen molar-refractivity contribution in [2.45, 2.75) is 6.92 Å². The van der Waals surface area contributed by atoms with E-state index in [-0.39, 0.29) is 0 Å². The number of aromatic nitrogens is 2. The Labute approximate surface area is 126 Å². The monoisotopic (exact) mass is 303 g/mol. The predicted molar refractivity (Wildman–Crippen MR) is 86.9 cm³/mol. The number of benzene rings is 1. The maximum atomic E-state index is 6.34. The third-order valence-electron chi connectivity index (χ3n) is 3.25. The molecule has 0 bridgehead atoms. The molecule has 0 saturated heterocycles. The molecule has 0 radical (unpaired) electrons. The fourth-order valence-electron chi connectivity index (χ4n) is 2.07. The highest BCUT2D eigenvalue weighted by Crippen LogP contribution is 2.30. The Morgan fingerprint density at radius 1 is 1.15 bits per heavy atom. The summed E-state index contributed by atoms with van der Waals surface area (Å²) in [6.07, 6.45) is 0. The molecule has 5 heteroatoms. The lowest BCUT2D eigenvalue weighted by Gasteiger charge is -2.13. The van der Waals surface area contributed by atoms with E-state index in [2.05, 4.69) is 27.7 Å². The first-order valence-electron chi connectivity index (χ1n) is 6.24. The molecule has 2 heterocycles. The average molecular weight is 304 g/mol. The van der Waals surface area contributed by atoms with Crippen LogP contribution in [0.15, 0.2) is 29.0 Å². The topological polar surface area (TPSA) is 29.0 Å². The van der Waals surface area contributed by atoms with Gasteiger partial charge in [-0.15, -0.1) is 0 Å². The van der Waals surface area contributed by atoms with Crippen LogP contribution in [-0.4, -0.2) is 24.1 Å². The number of aryl methyl sites for hydroxylation is 1. The number of hydrogen-bond donors (Lipinski definition) is 0. The molecule has 0 unspecified atom stereocenters. The first-order valence-corrected chi connectivity index (χ1v) is 7.56. The van der Waals surface area contributed by atoms with E-state index < -0.39 is 0 Å². The molecule has 0 atom stereocenters. The first-order chi connectivity index (χ1) is 9.56. The fourth-order valence-corrected chi connectivity index (χ4v) is 3.13. The van der Waals surface area contributed by atoms with Crippen molar-refractivity contribution < 1.29 is 0 Å². The van der Waals surface area contributed by atoms with Crippen molar-refractivity contribution >= 4 is 39.5 Å². The van der Waals surface area contributed by atoms with Gasteiger partial charge >= 0.3 is 0 Å². The molecule has 0 fully saturated rings. The van der Waals surface area contributed by atoms with Gasteiger partial charge in [-0.1, -0.05) is 11.6 Å². The van der Waals surface area contributed by atoms with Crippen molar-refractivity contribution in [1.82, 2.24) is 9.97 Å². The number of thiophene rings is 1. The quantitative estimate of drug-likeness (QED) is 0.658. The summed E-state index contributed by atoms with van der Waals surface area (Å²) in [5, 5.41) is 5.53. The third kappa shape index (κ3) is 2.25. The van der Waals surface area contributed by atoms with Gasteiger partial charge < -0.3 is 4.90 Å². The Bertz CT molecular complexity index is 780. The van der Waals surface area contributed by atoms with Gasteiger partial charge in [-0.3, -0.25) is 0 Å². The molecule has 102 valence electrons. The van der Waals surface area contributed by atoms with Crippen LogP contribution in [0, 0.1) is 6.92 Å². The predicted octanol–water partition coefficient (Wildman–Crippen LogP) is 4.39. The lowest BCUT2D eigenvalue weighted by atomic mass is 10.2. The molecule has 0 N–H and O–H groups in total. The van der Waals surface area contributed by atoms with Crippen LogP contribution < -0.4 is 4.90 Å². The largest absolute Gasteiger partial charge is 0.378 e. The van der Waals surface area contributed by atoms with Crippen molar-refractivity contribution in [3.05, 3.63) is 39.7 Å². The van der Waals surface area contributed by atoms with Gasteiger partial charge in [0.05, 0.1) is 5.52 Å². The molecule has 0 aliphatic heterocycles. The minimum atomic E-state index is 0.499. The van der Waals surface area contributed by atoms with Gasteiger partial charge in [-0.2, -0.15) is 11.3 Å². The van der Waals surface area contributed by atoms with Crippen LogP contribution in [0.1, 0.15) is 5.56 Å². The van der Waals surface area contributed by atoms with E-state index in [1.165, 1.54) is 5.56 Å². The third-order valence-corrected chi connectivity index (χ3v) is 4.40. The lowest BCUT2D eigenvalue weighted by Crippen LogP contribution is -2.08. The summed E-state index contributed by atoms with van der Waals surface area (Å²) in [5.74, 6) is 0.693. The standard InChI is InChI=1S/C15H14ClN3S/c1-9-7-20-8-12(9)15-17-13-5-4-10(19(2)3)6-11(13)14(16)18-15/h4-8H,1-3H3. The van der Waals surface area contributed by atoms with E-state index in [0.717, 1.165) is 22.2 Å². The van der Waals surface area contributed by atoms with Gasteiger partial charge in [0.2, 0.25) is 0 Å². The van der Waals surface area contributed by atoms with Gasteiger partial charge in [0, 0.05) is 36.1 Å². The van der Waals surface area contributed by atoms with E-state index in [1.54, 1.807) is 11.3 Å². The van der Waals surface area contributed by atoms with Crippen LogP contribution in [0.2, 0.25) is 5.15 Å². The summed E-state index contributed by atoms with van der Waals surface area (Å²) >= 11 is 7.99. The number of halogens is 1. The van der Waals surface area contributed by atoms with E-state index in [4.69, 9.17) is 11.6 Å². The highest BCUT2D eigenvalue weighted by Gasteiger charge is 2.11. The Morgan fingerprint density at radius 3 is 2.60 bits per heavy atom. The maximum Gasteiger partial charge on any atom is 0.162 e. The Morgan fingerprint density at radius 2 is 1.95 bits per heavy atom. The molecule has 1 aromatic carbocycles. The number of anilines is 1. The van der Waals surface area contributed by atoms with Gasteiger partial charge in [0.1, 0.15) is 5.15 Å². The van der Waals surface area contributed by atoms with Gasteiger partial charge in [-0.25, -0.2) is 9.97 Å². The van der Waals surface area contributed by atoms with Crippen LogP contribution in [0.3, 0.4) is 0 Å². The first kappa shape index (κ1) is 13.3.